The minimum atomic E-state index is -1.37. The van der Waals surface area contributed by atoms with Crippen molar-refractivity contribution in [3.8, 4) is 0 Å². The number of carboxylic acids is 6. The summed E-state index contributed by atoms with van der Waals surface area (Å²) in [4.78, 5) is 182. The molecule has 0 saturated carbocycles. The van der Waals surface area contributed by atoms with Crippen LogP contribution in [0, 0.1) is 0 Å². The molecule has 0 spiro atoms. The first-order valence-corrected chi connectivity index (χ1v) is 31.8. The Morgan fingerprint density at radius 1 is 0.393 bits per heavy atom. The van der Waals surface area contributed by atoms with E-state index in [1.807, 2.05) is 0 Å². The van der Waals surface area contributed by atoms with E-state index >= 15 is 0 Å². The topological polar surface area (TPSA) is 555 Å². The zero-order valence-corrected chi connectivity index (χ0v) is 49.0. The highest BCUT2D eigenvalue weighted by Gasteiger charge is 2.27. The summed E-state index contributed by atoms with van der Waals surface area (Å²) in [6.45, 7) is -3.23. The highest BCUT2D eigenvalue weighted by Crippen LogP contribution is 2.25. The van der Waals surface area contributed by atoms with Gasteiger partial charge in [-0.2, -0.15) is 0 Å². The van der Waals surface area contributed by atoms with Crippen LogP contribution in [0.1, 0.15) is 69.6 Å². The molecule has 0 aliphatic rings. The molecule has 1 aromatic carbocycles. The van der Waals surface area contributed by atoms with Crippen molar-refractivity contribution in [2.75, 3.05) is 74.0 Å². The maximum Gasteiger partial charge on any atom is 0.338 e. The van der Waals surface area contributed by atoms with Crippen LogP contribution in [-0.4, -0.2) is 230 Å². The van der Waals surface area contributed by atoms with Crippen molar-refractivity contribution in [1.29, 1.82) is 0 Å². The molecule has 0 fully saturated rings. The van der Waals surface area contributed by atoms with Crippen LogP contribution in [0.4, 0.5) is 0 Å². The normalized spacial score (nSPS) is 12.9. The fraction of sp³-hybridized carbons (Fsp3) is 0.533. The van der Waals surface area contributed by atoms with E-state index in [4.69, 9.17) is 62.1 Å². The lowest BCUT2D eigenvalue weighted by molar-refractivity contribution is -0.140. The van der Waals surface area contributed by atoms with Gasteiger partial charge in [-0.3, -0.25) is 57.5 Å². The average molecular weight is 1310 g/mol. The number of ether oxygens (including phenoxy) is 3. The van der Waals surface area contributed by atoms with Gasteiger partial charge in [-0.15, -0.1) is 0 Å². The standard InChI is InChI=1S/C45H63N9O24S6/c46-25(40(67)68)1-4-31(55)52-28(37(64)49-16-34(58)59)19-82-79-10-7-76-43(73)22-13-23(44(74)77-8-11-80-83-20-29(38(65)50-17-35(60)61)53-32(56)5-2-26(47)41(69)70)15-24(14-22)45(75)78-9-12-81-84-21-30(39(66)51-18-36(62)63)54-33(57)6-3-27(48)42(71)72/h13-15,25-30H,1-12,16-21,46-48H2,(H,49,64)(H,50,65)(H,51,66)(H,52,55)(H,53,56)(H,54,57)(H,58,59)(H,60,61)(H,62,63)(H,67,68)(H,69,70)(H,71,72)/t25-,26-,27-,28-,29-,30-/m0/s1. The number of nitrogens with two attached hydrogens (primary N) is 3. The molecule has 84 heavy (non-hydrogen) atoms. The monoisotopic (exact) mass is 1310 g/mol. The van der Waals surface area contributed by atoms with Crippen LogP contribution in [0.5, 0.6) is 0 Å². The Labute approximate surface area is 500 Å². The number of amides is 6. The third-order valence-electron chi connectivity index (χ3n) is 9.99. The summed E-state index contributed by atoms with van der Waals surface area (Å²) in [6.07, 6.45) is -1.88. The smallest absolute Gasteiger partial charge is 0.338 e. The van der Waals surface area contributed by atoms with Crippen molar-refractivity contribution in [2.24, 2.45) is 17.2 Å². The summed E-state index contributed by atoms with van der Waals surface area (Å²) in [5.74, 6) is -16.4. The van der Waals surface area contributed by atoms with Crippen molar-refractivity contribution in [3.05, 3.63) is 34.9 Å². The Morgan fingerprint density at radius 2 is 0.631 bits per heavy atom. The van der Waals surface area contributed by atoms with Gasteiger partial charge in [0.2, 0.25) is 35.4 Å². The summed E-state index contributed by atoms with van der Waals surface area (Å²) >= 11 is 0. The Hall–Kier alpha value is -6.75. The van der Waals surface area contributed by atoms with Crippen LogP contribution in [0.3, 0.4) is 0 Å². The Balaban J connectivity index is 3.15. The summed E-state index contributed by atoms with van der Waals surface area (Å²) in [6, 6.07) is -4.75. The lowest BCUT2D eigenvalue weighted by Crippen LogP contribution is -2.49. The van der Waals surface area contributed by atoms with E-state index in [0.29, 0.717) is 0 Å². The zero-order valence-electron chi connectivity index (χ0n) is 44.1. The van der Waals surface area contributed by atoms with Crippen molar-refractivity contribution >= 4 is 154 Å². The molecule has 1 aromatic rings. The second-order valence-corrected chi connectivity index (χ2v) is 24.6. The van der Waals surface area contributed by atoms with Gasteiger partial charge in [0.1, 0.15) is 75.7 Å². The molecule has 0 aromatic heterocycles. The molecule has 0 aliphatic heterocycles. The highest BCUT2D eigenvalue weighted by molar-refractivity contribution is 8.77. The van der Waals surface area contributed by atoms with Crippen molar-refractivity contribution in [3.63, 3.8) is 0 Å². The second kappa shape index (κ2) is 42.1. The molecule has 6 atom stereocenters. The molecule has 0 heterocycles. The Morgan fingerprint density at radius 3 is 0.845 bits per heavy atom. The van der Waals surface area contributed by atoms with Crippen LogP contribution in [-0.2, 0) is 71.7 Å². The Bertz CT molecular complexity index is 2230. The van der Waals surface area contributed by atoms with Crippen LogP contribution in [0.25, 0.3) is 0 Å². The van der Waals surface area contributed by atoms with Gasteiger partial charge < -0.3 is 94.0 Å². The average Bonchev–Trinajstić information content (AvgIpc) is 3.58. The summed E-state index contributed by atoms with van der Waals surface area (Å²) < 4.78 is 16.1. The quantitative estimate of drug-likeness (QED) is 0.0133. The third kappa shape index (κ3) is 34.1. The molecule has 0 saturated heterocycles. The number of carboxylic acid groups (broad SMARTS) is 6. The van der Waals surface area contributed by atoms with Crippen LogP contribution >= 0.6 is 64.8 Å². The maximum atomic E-state index is 13.4. The van der Waals surface area contributed by atoms with Crippen molar-refractivity contribution in [2.45, 2.75) is 74.8 Å². The number of hydrogen-bond acceptors (Lipinski definition) is 27. The molecule has 0 bridgehead atoms. The van der Waals surface area contributed by atoms with E-state index in [0.717, 1.165) is 83.0 Å². The number of carbonyl (C=O) groups excluding carboxylic acids is 9. The summed E-state index contributed by atoms with van der Waals surface area (Å²) in [7, 11) is 6.19. The second-order valence-electron chi connectivity index (χ2n) is 16.7. The fourth-order valence-electron chi connectivity index (χ4n) is 5.70. The van der Waals surface area contributed by atoms with Crippen LogP contribution < -0.4 is 49.1 Å². The molecule has 18 N–H and O–H groups in total. The highest BCUT2D eigenvalue weighted by atomic mass is 33.1. The van der Waals surface area contributed by atoms with E-state index in [-0.39, 0.29) is 110 Å². The van der Waals surface area contributed by atoms with E-state index in [1.54, 1.807) is 0 Å². The summed E-state index contributed by atoms with van der Waals surface area (Å²) in [5, 5.41) is 67.4. The molecule has 0 unspecified atom stereocenters. The SMILES string of the molecule is N[C@@H](CCC(=O)N[C@@H](CSSCCOC(=O)c1cc(C(=O)OCCSSC[C@H](NC(=O)CC[C@H](N)C(=O)O)C(=O)NCC(=O)O)cc(C(=O)OCCSSC[C@H](NC(=O)CC[C@H](N)C(=O)O)C(=O)NCC(=O)O)c1)C(=O)NCC(=O)O)C(=O)O. The first-order chi connectivity index (χ1) is 39.6. The predicted molar refractivity (Wildman–Crippen MR) is 304 cm³/mol. The molecular formula is C45H63N9O24S6. The van der Waals surface area contributed by atoms with Crippen molar-refractivity contribution in [1.82, 2.24) is 31.9 Å². The van der Waals surface area contributed by atoms with Crippen molar-refractivity contribution < 1.29 is 117 Å². The lowest BCUT2D eigenvalue weighted by atomic mass is 10.1. The predicted octanol–water partition coefficient (Wildman–Crippen LogP) is -3.07. The minimum Gasteiger partial charge on any atom is -0.480 e. The third-order valence-corrected chi connectivity index (χ3v) is 17.1. The Kier molecular flexibility index (Phi) is 37.7. The van der Waals surface area contributed by atoms with Gasteiger partial charge in [0.25, 0.3) is 0 Å². The van der Waals surface area contributed by atoms with E-state index in [2.05, 4.69) is 31.9 Å². The van der Waals surface area contributed by atoms with Gasteiger partial charge in [-0.1, -0.05) is 64.8 Å². The number of benzene rings is 1. The van der Waals surface area contributed by atoms with E-state index in [1.165, 1.54) is 0 Å². The number of carbonyl (C=O) groups is 15. The molecule has 0 radical (unpaired) electrons. The zero-order chi connectivity index (χ0) is 63.3. The molecule has 1 rings (SSSR count). The van der Waals surface area contributed by atoms with Gasteiger partial charge in [0.15, 0.2) is 0 Å². The molecule has 468 valence electrons. The van der Waals surface area contributed by atoms with Gasteiger partial charge >= 0.3 is 53.7 Å². The molecule has 0 aliphatic carbocycles. The molecule has 6 amide bonds. The molecular weight excluding hydrogens is 1240 g/mol. The number of hydrogen-bond donors (Lipinski definition) is 15. The first kappa shape index (κ1) is 75.3. The van der Waals surface area contributed by atoms with Gasteiger partial charge in [-0.05, 0) is 37.5 Å². The van der Waals surface area contributed by atoms with Crippen LogP contribution in [0.15, 0.2) is 18.2 Å². The number of esters is 3. The summed E-state index contributed by atoms with van der Waals surface area (Å²) in [5.41, 5.74) is 15.3. The van der Waals surface area contributed by atoms with Gasteiger partial charge in [-0.25, -0.2) is 14.4 Å². The van der Waals surface area contributed by atoms with Crippen LogP contribution in [0.2, 0.25) is 0 Å². The molecule has 39 heteroatoms. The minimum absolute atomic E-state index is 0.0481. The van der Waals surface area contributed by atoms with Gasteiger partial charge in [0, 0.05) is 53.8 Å². The molecule has 33 nitrogen and oxygen atoms in total. The van der Waals surface area contributed by atoms with E-state index in [9.17, 15) is 71.9 Å². The lowest BCUT2D eigenvalue weighted by Gasteiger charge is -2.18. The fourth-order valence-corrected chi connectivity index (χ4v) is 11.7. The van der Waals surface area contributed by atoms with E-state index < -0.39 is 145 Å². The number of rotatable bonds is 45. The number of aliphatic carboxylic acids is 6. The van der Waals surface area contributed by atoms with Gasteiger partial charge in [0.05, 0.1) is 16.7 Å². The maximum absolute atomic E-state index is 13.4. The first-order valence-electron chi connectivity index (χ1n) is 24.3. The largest absolute Gasteiger partial charge is 0.480 e. The number of nitrogens with one attached hydrogen (secondary N) is 6.